The van der Waals surface area contributed by atoms with Gasteiger partial charge >= 0.3 is 12.1 Å². The largest absolute Gasteiger partial charge is 0.490 e. The number of benzene rings is 2. The number of fused-ring (bicyclic) bond motifs is 6. The lowest BCUT2D eigenvalue weighted by molar-refractivity contribution is -0.192. The van der Waals surface area contributed by atoms with E-state index in [0.717, 1.165) is 0 Å². The van der Waals surface area contributed by atoms with Crippen molar-refractivity contribution in [2.75, 3.05) is 0 Å². The van der Waals surface area contributed by atoms with Crippen molar-refractivity contribution >= 4 is 50.3 Å². The Morgan fingerprint density at radius 3 is 2.41 bits per heavy atom. The second-order valence-electron chi connectivity index (χ2n) is 6.77. The Labute approximate surface area is 189 Å². The monoisotopic (exact) mass is 494 g/mol. The molecule has 34 heavy (non-hydrogen) atoms. The highest BCUT2D eigenvalue weighted by Gasteiger charge is 2.38. The number of nitrogens with one attached hydrogen (secondary N) is 2. The van der Waals surface area contributed by atoms with Crippen LogP contribution in [0.2, 0.25) is 0 Å². The van der Waals surface area contributed by atoms with Crippen LogP contribution in [-0.4, -0.2) is 37.2 Å². The van der Waals surface area contributed by atoms with Gasteiger partial charge in [0.05, 0.1) is 16.4 Å². The van der Waals surface area contributed by atoms with Crippen LogP contribution in [0.3, 0.4) is 0 Å². The molecule has 0 aliphatic heterocycles. The van der Waals surface area contributed by atoms with Crippen molar-refractivity contribution < 1.29 is 31.9 Å². The molecular formula is C21H11F5N4O3S. The van der Waals surface area contributed by atoms with E-state index in [2.05, 4.69) is 19.9 Å². The summed E-state index contributed by atoms with van der Waals surface area (Å²) in [6, 6.07) is 8.95. The van der Waals surface area contributed by atoms with Gasteiger partial charge in [0.15, 0.2) is 5.16 Å². The highest BCUT2D eigenvalue weighted by Crippen LogP contribution is 2.35. The zero-order valence-electron chi connectivity index (χ0n) is 16.6. The van der Waals surface area contributed by atoms with Crippen LogP contribution in [0.5, 0.6) is 0 Å². The van der Waals surface area contributed by atoms with E-state index in [1.807, 2.05) is 0 Å². The molecule has 0 atom stereocenters. The number of carbonyl (C=O) groups is 1. The van der Waals surface area contributed by atoms with Gasteiger partial charge in [0.25, 0.3) is 5.56 Å². The Bertz CT molecular complexity index is 1600. The van der Waals surface area contributed by atoms with Crippen molar-refractivity contribution in [2.24, 2.45) is 0 Å². The quantitative estimate of drug-likeness (QED) is 0.181. The van der Waals surface area contributed by atoms with Gasteiger partial charge in [0.2, 0.25) is 5.95 Å². The second kappa shape index (κ2) is 8.74. The standard InChI is InChI=1S/C19H10F2N4OS.C2HF3O2/c20-9-1-3-11-13(7-9)15-12(5-6-22-18(15)26)17-16(11)24-19(25-17)27-10-2-4-14(21)23-8-10;3-2(4,5)1(6)7/h1-8H,(H,22,26)(H,24,25);(H,6,7). The number of hydrogen-bond donors (Lipinski definition) is 3. The molecule has 5 aromatic rings. The first kappa shape index (κ1) is 23.2. The maximum absolute atomic E-state index is 13.8. The second-order valence-corrected chi connectivity index (χ2v) is 7.83. The minimum absolute atomic E-state index is 0.295. The molecule has 7 nitrogen and oxygen atoms in total. The number of carboxylic acid groups (broad SMARTS) is 1. The number of aromatic nitrogens is 4. The first-order valence-electron chi connectivity index (χ1n) is 9.26. The van der Waals surface area contributed by atoms with Gasteiger partial charge in [0, 0.05) is 33.4 Å². The number of pyridine rings is 2. The van der Waals surface area contributed by atoms with E-state index in [-0.39, 0.29) is 5.56 Å². The molecule has 5 rings (SSSR count). The average molecular weight is 494 g/mol. The number of alkyl halides is 3. The number of halogens is 5. The number of H-pyrrole nitrogens is 2. The molecule has 3 aromatic heterocycles. The number of imidazole rings is 1. The third-order valence-corrected chi connectivity index (χ3v) is 5.44. The van der Waals surface area contributed by atoms with E-state index >= 15 is 0 Å². The summed E-state index contributed by atoms with van der Waals surface area (Å²) in [4.78, 5) is 36.1. The van der Waals surface area contributed by atoms with Crippen molar-refractivity contribution in [1.29, 1.82) is 0 Å². The molecule has 0 saturated carbocycles. The van der Waals surface area contributed by atoms with E-state index < -0.39 is 23.9 Å². The smallest absolute Gasteiger partial charge is 0.475 e. The number of aliphatic carboxylic acids is 1. The van der Waals surface area contributed by atoms with Crippen LogP contribution < -0.4 is 5.56 Å². The summed E-state index contributed by atoms with van der Waals surface area (Å²) in [5, 5.41) is 9.94. The molecule has 0 bridgehead atoms. The predicted octanol–water partition coefficient (Wildman–Crippen LogP) is 5.02. The first-order valence-corrected chi connectivity index (χ1v) is 10.1. The highest BCUT2D eigenvalue weighted by molar-refractivity contribution is 7.99. The molecule has 0 aliphatic rings. The van der Waals surface area contributed by atoms with Crippen LogP contribution in [0.15, 0.2) is 63.6 Å². The summed E-state index contributed by atoms with van der Waals surface area (Å²) in [5.41, 5.74) is 1.03. The summed E-state index contributed by atoms with van der Waals surface area (Å²) in [7, 11) is 0. The maximum atomic E-state index is 13.8. The molecular weight excluding hydrogens is 483 g/mol. The molecule has 0 amide bonds. The Morgan fingerprint density at radius 1 is 1.03 bits per heavy atom. The number of aromatic amines is 2. The third-order valence-electron chi connectivity index (χ3n) is 4.58. The molecule has 0 fully saturated rings. The van der Waals surface area contributed by atoms with E-state index in [0.29, 0.717) is 42.6 Å². The van der Waals surface area contributed by atoms with Crippen LogP contribution in [0, 0.1) is 11.8 Å². The van der Waals surface area contributed by atoms with Gasteiger partial charge in [0.1, 0.15) is 5.82 Å². The van der Waals surface area contributed by atoms with E-state index in [4.69, 9.17) is 9.90 Å². The van der Waals surface area contributed by atoms with Crippen LogP contribution in [0.25, 0.3) is 32.6 Å². The number of nitrogens with zero attached hydrogens (tertiary/aromatic N) is 2. The first-order chi connectivity index (χ1) is 16.0. The van der Waals surface area contributed by atoms with E-state index in [1.54, 1.807) is 24.4 Å². The summed E-state index contributed by atoms with van der Waals surface area (Å²) >= 11 is 1.29. The van der Waals surface area contributed by atoms with Crippen LogP contribution in [-0.2, 0) is 4.79 Å². The van der Waals surface area contributed by atoms with Gasteiger partial charge in [-0.25, -0.2) is 19.2 Å². The lowest BCUT2D eigenvalue weighted by Crippen LogP contribution is -2.21. The molecule has 174 valence electrons. The summed E-state index contributed by atoms with van der Waals surface area (Å²) < 4.78 is 58.6. The molecule has 0 saturated heterocycles. The van der Waals surface area contributed by atoms with Gasteiger partial charge in [-0.3, -0.25) is 4.79 Å². The fraction of sp³-hybridized carbons (Fsp3) is 0.0476. The molecule has 0 spiro atoms. The summed E-state index contributed by atoms with van der Waals surface area (Å²) in [5.74, 6) is -3.73. The fourth-order valence-electron chi connectivity index (χ4n) is 3.21. The highest BCUT2D eigenvalue weighted by atomic mass is 32.2. The van der Waals surface area contributed by atoms with Crippen LogP contribution in [0.1, 0.15) is 0 Å². The Morgan fingerprint density at radius 2 is 1.76 bits per heavy atom. The molecule has 13 heteroatoms. The van der Waals surface area contributed by atoms with Crippen molar-refractivity contribution in [3.8, 4) is 0 Å². The van der Waals surface area contributed by atoms with Gasteiger partial charge < -0.3 is 15.1 Å². The normalized spacial score (nSPS) is 11.6. The molecule has 3 heterocycles. The maximum Gasteiger partial charge on any atom is 0.490 e. The SMILES string of the molecule is O=C(O)C(F)(F)F.O=c1[nH]ccc2c3[nH]c(Sc4ccc(F)nc4)nc3c3ccc(F)cc3c12. The minimum atomic E-state index is -5.08. The fourth-order valence-corrected chi connectivity index (χ4v) is 3.96. The Hall–Kier alpha value is -4.00. The van der Waals surface area contributed by atoms with E-state index in [9.17, 15) is 26.7 Å². The summed E-state index contributed by atoms with van der Waals surface area (Å²) in [6.45, 7) is 0. The lowest BCUT2D eigenvalue weighted by atomic mass is 10.0. The van der Waals surface area contributed by atoms with Gasteiger partial charge in [-0.2, -0.15) is 17.6 Å². The van der Waals surface area contributed by atoms with Gasteiger partial charge in [-0.1, -0.05) is 11.8 Å². The molecule has 3 N–H and O–H groups in total. The van der Waals surface area contributed by atoms with Crippen molar-refractivity contribution in [3.63, 3.8) is 0 Å². The Kier molecular flexibility index (Phi) is 5.96. The lowest BCUT2D eigenvalue weighted by Gasteiger charge is -2.05. The Balaban J connectivity index is 0.000000344. The molecule has 0 unspecified atom stereocenters. The molecule has 2 aromatic carbocycles. The summed E-state index contributed by atoms with van der Waals surface area (Å²) in [6.07, 6.45) is -2.11. The van der Waals surface area contributed by atoms with Crippen molar-refractivity contribution in [1.82, 2.24) is 19.9 Å². The average Bonchev–Trinajstić information content (AvgIpc) is 3.19. The third kappa shape index (κ3) is 4.55. The number of carboxylic acids is 1. The van der Waals surface area contributed by atoms with Crippen molar-refractivity contribution in [3.05, 3.63) is 70.9 Å². The number of hydrogen-bond acceptors (Lipinski definition) is 5. The van der Waals surface area contributed by atoms with Gasteiger partial charge in [-0.15, -0.1) is 0 Å². The predicted molar refractivity (Wildman–Crippen MR) is 114 cm³/mol. The molecule has 0 aliphatic carbocycles. The van der Waals surface area contributed by atoms with Crippen LogP contribution in [0.4, 0.5) is 22.0 Å². The zero-order chi connectivity index (χ0) is 24.6. The molecule has 0 radical (unpaired) electrons. The van der Waals surface area contributed by atoms with E-state index in [1.165, 1.54) is 36.2 Å². The number of rotatable bonds is 2. The van der Waals surface area contributed by atoms with Crippen molar-refractivity contribution in [2.45, 2.75) is 16.2 Å². The minimum Gasteiger partial charge on any atom is -0.475 e. The zero-order valence-corrected chi connectivity index (χ0v) is 17.4. The van der Waals surface area contributed by atoms with Gasteiger partial charge in [-0.05, 0) is 36.4 Å². The van der Waals surface area contributed by atoms with Crippen LogP contribution >= 0.6 is 11.8 Å². The topological polar surface area (TPSA) is 112 Å².